The molecule has 4 aliphatic rings. The molecule has 4 aliphatic heterocycles. The van der Waals surface area contributed by atoms with E-state index in [1.165, 1.54) is 16.4 Å². The number of ether oxygens (including phenoxy) is 7. The van der Waals surface area contributed by atoms with Crippen LogP contribution in [0.1, 0.15) is 45.5 Å². The van der Waals surface area contributed by atoms with E-state index in [2.05, 4.69) is 10.1 Å². The van der Waals surface area contributed by atoms with E-state index in [0.29, 0.717) is 42.0 Å². The van der Waals surface area contributed by atoms with Crippen LogP contribution in [0.2, 0.25) is 0 Å². The van der Waals surface area contributed by atoms with Crippen LogP contribution in [0.3, 0.4) is 0 Å². The molecule has 0 saturated carbocycles. The first-order valence-electron chi connectivity index (χ1n) is 18.8. The Morgan fingerprint density at radius 1 is 1.02 bits per heavy atom. The molecule has 5 atom stereocenters. The SMILES string of the molecule is CC(C)CN(C[C@H]1OC(C)(C)N(C(=O)O[C@H]2CO[C@H]3OCC[C@H]32)[C@H]1Cc1ccc(OCc2noc(-c3ccccc3)n2)cc1)S(=O)(=O)c1ccc2c(c1)OCO2. The molecule has 3 saturated heterocycles. The van der Waals surface area contributed by atoms with Gasteiger partial charge in [-0.3, -0.25) is 4.90 Å². The lowest BCUT2D eigenvalue weighted by Crippen LogP contribution is -2.51. The Morgan fingerprint density at radius 2 is 1.80 bits per heavy atom. The van der Waals surface area contributed by atoms with E-state index >= 15 is 0 Å². The molecular weight excluding hydrogens is 745 g/mol. The molecule has 0 unspecified atom stereocenters. The van der Waals surface area contributed by atoms with Crippen molar-refractivity contribution in [1.29, 1.82) is 0 Å². The highest BCUT2D eigenvalue weighted by Gasteiger charge is 2.53. The van der Waals surface area contributed by atoms with E-state index in [1.807, 2.05) is 68.4 Å². The summed E-state index contributed by atoms with van der Waals surface area (Å²) in [7, 11) is -4.04. The molecule has 5 heterocycles. The molecule has 4 aromatic rings. The zero-order valence-electron chi connectivity index (χ0n) is 31.7. The highest BCUT2D eigenvalue weighted by Crippen LogP contribution is 2.40. The van der Waals surface area contributed by atoms with Crippen molar-refractivity contribution in [2.24, 2.45) is 11.8 Å². The number of benzene rings is 3. The summed E-state index contributed by atoms with van der Waals surface area (Å²) in [5.41, 5.74) is 0.548. The van der Waals surface area contributed by atoms with Crippen LogP contribution in [0.15, 0.2) is 82.2 Å². The largest absolute Gasteiger partial charge is 0.485 e. The molecule has 0 radical (unpaired) electrons. The summed E-state index contributed by atoms with van der Waals surface area (Å²) >= 11 is 0. The van der Waals surface area contributed by atoms with Crippen molar-refractivity contribution in [3.63, 3.8) is 0 Å². The fraction of sp³-hybridized carbons (Fsp3) is 0.475. The van der Waals surface area contributed by atoms with E-state index in [-0.39, 0.29) is 49.8 Å². The van der Waals surface area contributed by atoms with Gasteiger partial charge in [-0.05, 0) is 74.6 Å². The monoisotopic (exact) mass is 790 g/mol. The van der Waals surface area contributed by atoms with Crippen LogP contribution in [0.4, 0.5) is 4.79 Å². The molecule has 1 amide bonds. The first-order chi connectivity index (χ1) is 26.9. The molecule has 0 bridgehead atoms. The van der Waals surface area contributed by atoms with E-state index in [1.54, 1.807) is 24.8 Å². The van der Waals surface area contributed by atoms with Gasteiger partial charge in [0.2, 0.25) is 22.6 Å². The smallest absolute Gasteiger partial charge is 0.412 e. The number of carbonyl (C=O) groups excluding carboxylic acids is 1. The summed E-state index contributed by atoms with van der Waals surface area (Å²) in [6.07, 6.45) is -1.09. The number of hydrogen-bond donors (Lipinski definition) is 0. The van der Waals surface area contributed by atoms with E-state index in [0.717, 1.165) is 17.5 Å². The topological polar surface area (TPSA) is 161 Å². The lowest BCUT2D eigenvalue weighted by atomic mass is 9.99. The third-order valence-electron chi connectivity index (χ3n) is 10.4. The zero-order chi connectivity index (χ0) is 39.0. The zero-order valence-corrected chi connectivity index (χ0v) is 32.6. The third kappa shape index (κ3) is 7.93. The molecule has 8 rings (SSSR count). The van der Waals surface area contributed by atoms with Crippen molar-refractivity contribution in [2.75, 3.05) is 33.1 Å². The fourth-order valence-electron chi connectivity index (χ4n) is 7.73. The van der Waals surface area contributed by atoms with E-state index < -0.39 is 46.4 Å². The van der Waals surface area contributed by atoms with Gasteiger partial charge < -0.3 is 37.7 Å². The van der Waals surface area contributed by atoms with Crippen LogP contribution in [0, 0.1) is 11.8 Å². The summed E-state index contributed by atoms with van der Waals surface area (Å²) in [6.45, 7) is 8.60. The van der Waals surface area contributed by atoms with Gasteiger partial charge >= 0.3 is 6.09 Å². The van der Waals surface area contributed by atoms with Gasteiger partial charge in [-0.1, -0.05) is 49.3 Å². The highest BCUT2D eigenvalue weighted by atomic mass is 32.2. The first-order valence-corrected chi connectivity index (χ1v) is 20.3. The van der Waals surface area contributed by atoms with Crippen LogP contribution >= 0.6 is 0 Å². The summed E-state index contributed by atoms with van der Waals surface area (Å²) in [5, 5.41) is 4.04. The van der Waals surface area contributed by atoms with Crippen LogP contribution in [-0.4, -0.2) is 97.2 Å². The Labute approximate surface area is 325 Å². The lowest BCUT2D eigenvalue weighted by Gasteiger charge is -2.34. The number of sulfonamides is 1. The van der Waals surface area contributed by atoms with Crippen LogP contribution < -0.4 is 14.2 Å². The third-order valence-corrected chi connectivity index (χ3v) is 12.2. The Morgan fingerprint density at radius 3 is 2.59 bits per heavy atom. The van der Waals surface area contributed by atoms with Gasteiger partial charge in [0, 0.05) is 24.7 Å². The Balaban J connectivity index is 1.03. The number of carbonyl (C=O) groups is 1. The van der Waals surface area contributed by atoms with Gasteiger partial charge in [0.25, 0.3) is 5.89 Å². The van der Waals surface area contributed by atoms with Crippen molar-refractivity contribution in [1.82, 2.24) is 19.3 Å². The minimum Gasteiger partial charge on any atom is -0.485 e. The lowest BCUT2D eigenvalue weighted by molar-refractivity contribution is -0.0911. The second-order valence-corrected chi connectivity index (χ2v) is 17.2. The average Bonchev–Trinajstić information content (AvgIpc) is 4.02. The summed E-state index contributed by atoms with van der Waals surface area (Å²) in [4.78, 5) is 20.4. The molecule has 0 aliphatic carbocycles. The molecule has 3 aromatic carbocycles. The molecule has 56 heavy (non-hydrogen) atoms. The molecule has 16 heteroatoms. The predicted molar refractivity (Wildman–Crippen MR) is 199 cm³/mol. The molecule has 1 aromatic heterocycles. The first kappa shape index (κ1) is 38.1. The molecule has 298 valence electrons. The van der Waals surface area contributed by atoms with Crippen molar-refractivity contribution >= 4 is 16.1 Å². The van der Waals surface area contributed by atoms with Crippen molar-refractivity contribution in [3.05, 3.63) is 84.2 Å². The Bertz CT molecular complexity index is 2110. The number of nitrogens with zero attached hydrogens (tertiary/aromatic N) is 4. The van der Waals surface area contributed by atoms with Crippen LogP contribution in [0.5, 0.6) is 17.2 Å². The van der Waals surface area contributed by atoms with Crippen molar-refractivity contribution < 1.29 is 50.9 Å². The summed E-state index contributed by atoms with van der Waals surface area (Å²) < 4.78 is 76.6. The molecular formula is C40H46N4O11S. The molecule has 0 spiro atoms. The second kappa shape index (κ2) is 15.7. The molecule has 0 N–H and O–H groups in total. The standard InChI is InChI=1S/C40H46N4O11S/c1-25(2)20-43(56(46,47)29-14-15-32-33(19-29)52-24-51-32)21-34-31(44(40(3,4)54-34)39(45)53-35-22-50-38-30(35)16-17-48-38)18-26-10-12-28(13-11-26)49-23-36-41-37(55-42-36)27-8-6-5-7-9-27/h5-15,19,25,30-31,34-35,38H,16-18,20-24H2,1-4H3/t30-,31-,34+,35-,38+/m0/s1. The summed E-state index contributed by atoms with van der Waals surface area (Å²) in [5.74, 6) is 2.18. The van der Waals surface area contributed by atoms with Crippen molar-refractivity contribution in [2.45, 2.75) is 82.3 Å². The Kier molecular flexibility index (Phi) is 10.7. The number of rotatable bonds is 13. The number of aromatic nitrogens is 2. The quantitative estimate of drug-likeness (QED) is 0.164. The normalized spacial score (nSPS) is 23.9. The minimum atomic E-state index is -4.04. The minimum absolute atomic E-state index is 0.0124. The maximum absolute atomic E-state index is 14.3. The second-order valence-electron chi connectivity index (χ2n) is 15.2. The van der Waals surface area contributed by atoms with Crippen molar-refractivity contribution in [3.8, 4) is 28.7 Å². The fourth-order valence-corrected chi connectivity index (χ4v) is 9.36. The predicted octanol–water partition coefficient (Wildman–Crippen LogP) is 5.64. The van der Waals surface area contributed by atoms with Crippen LogP contribution in [-0.2, 0) is 42.0 Å². The van der Waals surface area contributed by atoms with Gasteiger partial charge in [0.15, 0.2) is 24.4 Å². The average molecular weight is 791 g/mol. The highest BCUT2D eigenvalue weighted by molar-refractivity contribution is 7.89. The van der Waals surface area contributed by atoms with Gasteiger partial charge in [-0.15, -0.1) is 0 Å². The van der Waals surface area contributed by atoms with E-state index in [4.69, 9.17) is 37.7 Å². The van der Waals surface area contributed by atoms with Gasteiger partial charge in [0.05, 0.1) is 36.2 Å². The number of fused-ring (bicyclic) bond motifs is 2. The summed E-state index contributed by atoms with van der Waals surface area (Å²) in [6, 6.07) is 21.0. The molecule has 15 nitrogen and oxygen atoms in total. The maximum atomic E-state index is 14.3. The number of hydrogen-bond acceptors (Lipinski definition) is 13. The van der Waals surface area contributed by atoms with E-state index in [9.17, 15) is 13.2 Å². The maximum Gasteiger partial charge on any atom is 0.412 e. The van der Waals surface area contributed by atoms with Gasteiger partial charge in [0.1, 0.15) is 17.6 Å². The Hall–Kier alpha value is -4.74. The number of amides is 1. The van der Waals surface area contributed by atoms with Crippen LogP contribution in [0.25, 0.3) is 11.5 Å². The van der Waals surface area contributed by atoms with Gasteiger partial charge in [-0.25, -0.2) is 13.2 Å². The molecule has 3 fully saturated rings. The van der Waals surface area contributed by atoms with Gasteiger partial charge in [-0.2, -0.15) is 9.29 Å².